The van der Waals surface area contributed by atoms with Gasteiger partial charge in [0.15, 0.2) is 11.5 Å². The van der Waals surface area contributed by atoms with Crippen molar-refractivity contribution < 1.29 is 9.53 Å². The van der Waals surface area contributed by atoms with E-state index in [1.807, 2.05) is 18.2 Å². The molecule has 0 aliphatic heterocycles. The molecule has 8 heteroatoms. The van der Waals surface area contributed by atoms with Gasteiger partial charge in [0.05, 0.1) is 22.8 Å². The van der Waals surface area contributed by atoms with Crippen LogP contribution in [0.4, 0.5) is 17.2 Å². The molecule has 0 fully saturated rings. The van der Waals surface area contributed by atoms with Crippen molar-refractivity contribution in [3.8, 4) is 5.75 Å². The van der Waals surface area contributed by atoms with E-state index in [0.717, 1.165) is 0 Å². The molecule has 0 saturated heterocycles. The fraction of sp³-hybridized carbons (Fsp3) is 0.0556. The number of rotatable bonds is 5. The Labute approximate surface area is 160 Å². The molecule has 1 heterocycles. The van der Waals surface area contributed by atoms with Crippen molar-refractivity contribution in [1.82, 2.24) is 10.2 Å². The van der Waals surface area contributed by atoms with E-state index in [1.165, 1.54) is 7.11 Å². The van der Waals surface area contributed by atoms with Gasteiger partial charge in [-0.05, 0) is 42.5 Å². The average Bonchev–Trinajstić information content (AvgIpc) is 2.64. The third kappa shape index (κ3) is 4.22. The maximum Gasteiger partial charge on any atom is 0.276 e. The first-order valence-corrected chi connectivity index (χ1v) is 8.32. The van der Waals surface area contributed by atoms with Crippen molar-refractivity contribution in [2.24, 2.45) is 0 Å². The summed E-state index contributed by atoms with van der Waals surface area (Å²) in [7, 11) is 1.52. The molecule has 1 aromatic heterocycles. The van der Waals surface area contributed by atoms with Gasteiger partial charge in [-0.2, -0.15) is 0 Å². The molecular weight excluding hydrogens is 375 g/mol. The second kappa shape index (κ2) is 8.03. The summed E-state index contributed by atoms with van der Waals surface area (Å²) in [4.78, 5) is 12.3. The van der Waals surface area contributed by atoms with Gasteiger partial charge in [-0.15, -0.1) is 10.2 Å². The van der Waals surface area contributed by atoms with Gasteiger partial charge in [0, 0.05) is 5.69 Å². The van der Waals surface area contributed by atoms with E-state index >= 15 is 0 Å². The van der Waals surface area contributed by atoms with E-state index in [1.54, 1.807) is 36.4 Å². The number of nitrogens with one attached hydrogen (secondary N) is 2. The molecule has 26 heavy (non-hydrogen) atoms. The number of hydrogen-bond acceptors (Lipinski definition) is 5. The molecule has 0 saturated carbocycles. The van der Waals surface area contributed by atoms with Crippen molar-refractivity contribution in [3.63, 3.8) is 0 Å². The molecule has 0 radical (unpaired) electrons. The maximum atomic E-state index is 12.3. The van der Waals surface area contributed by atoms with E-state index in [4.69, 9.17) is 27.9 Å². The van der Waals surface area contributed by atoms with Gasteiger partial charge in [-0.3, -0.25) is 4.79 Å². The largest absolute Gasteiger partial charge is 0.495 e. The molecule has 6 nitrogen and oxygen atoms in total. The zero-order chi connectivity index (χ0) is 18.5. The molecule has 2 aromatic carbocycles. The van der Waals surface area contributed by atoms with Crippen LogP contribution in [0.5, 0.6) is 5.75 Å². The van der Waals surface area contributed by atoms with E-state index in [9.17, 15) is 4.79 Å². The smallest absolute Gasteiger partial charge is 0.276 e. The van der Waals surface area contributed by atoms with Gasteiger partial charge in [-0.1, -0.05) is 35.3 Å². The van der Waals surface area contributed by atoms with Gasteiger partial charge in [-0.25, -0.2) is 0 Å². The highest BCUT2D eigenvalue weighted by molar-refractivity contribution is 6.33. The molecule has 3 rings (SSSR count). The number of benzene rings is 2. The van der Waals surface area contributed by atoms with E-state index < -0.39 is 5.91 Å². The van der Waals surface area contributed by atoms with Crippen LogP contribution in [0.2, 0.25) is 10.0 Å². The number of carbonyl (C=O) groups excluding carboxylic acids is 1. The monoisotopic (exact) mass is 388 g/mol. The molecule has 0 bridgehead atoms. The number of nitrogens with zero attached hydrogens (tertiary/aromatic N) is 2. The van der Waals surface area contributed by atoms with Crippen LogP contribution in [0, 0.1) is 0 Å². The summed E-state index contributed by atoms with van der Waals surface area (Å²) in [6.45, 7) is 0. The molecule has 0 unspecified atom stereocenters. The number of para-hydroxylation sites is 1. The summed E-state index contributed by atoms with van der Waals surface area (Å²) in [5.41, 5.74) is 1.40. The Hall–Kier alpha value is -2.83. The molecular formula is C18H14Cl2N4O2. The Morgan fingerprint density at radius 2 is 1.81 bits per heavy atom. The van der Waals surface area contributed by atoms with Crippen molar-refractivity contribution in [2.45, 2.75) is 0 Å². The number of ether oxygens (including phenoxy) is 1. The zero-order valence-corrected chi connectivity index (χ0v) is 15.2. The van der Waals surface area contributed by atoms with Crippen LogP contribution in [-0.4, -0.2) is 23.2 Å². The van der Waals surface area contributed by atoms with E-state index in [0.29, 0.717) is 33.0 Å². The molecule has 0 spiro atoms. The minimum Gasteiger partial charge on any atom is -0.495 e. The first kappa shape index (κ1) is 18.0. The number of carbonyl (C=O) groups is 1. The summed E-state index contributed by atoms with van der Waals surface area (Å²) in [5, 5.41) is 14.6. The fourth-order valence-electron chi connectivity index (χ4n) is 2.16. The summed E-state index contributed by atoms with van der Waals surface area (Å²) >= 11 is 12.1. The lowest BCUT2D eigenvalue weighted by molar-refractivity contribution is 0.102. The highest BCUT2D eigenvalue weighted by Crippen LogP contribution is 2.27. The predicted molar refractivity (Wildman–Crippen MR) is 103 cm³/mol. The normalized spacial score (nSPS) is 10.3. The Morgan fingerprint density at radius 3 is 2.46 bits per heavy atom. The van der Waals surface area contributed by atoms with Crippen LogP contribution in [0.1, 0.15) is 10.5 Å². The number of hydrogen-bond donors (Lipinski definition) is 2. The van der Waals surface area contributed by atoms with Crippen molar-refractivity contribution in [2.75, 3.05) is 17.7 Å². The van der Waals surface area contributed by atoms with Crippen LogP contribution in [-0.2, 0) is 0 Å². The second-order valence-corrected chi connectivity index (χ2v) is 6.03. The molecule has 0 atom stereocenters. The van der Waals surface area contributed by atoms with Gasteiger partial charge in [0.1, 0.15) is 5.75 Å². The molecule has 132 valence electrons. The fourth-order valence-corrected chi connectivity index (χ4v) is 2.60. The number of aromatic nitrogens is 2. The lowest BCUT2D eigenvalue weighted by atomic mass is 10.2. The maximum absolute atomic E-state index is 12.3. The highest BCUT2D eigenvalue weighted by atomic mass is 35.5. The Bertz CT molecular complexity index is 933. The molecule has 3 aromatic rings. The van der Waals surface area contributed by atoms with Crippen LogP contribution in [0.15, 0.2) is 54.6 Å². The summed E-state index contributed by atoms with van der Waals surface area (Å²) in [6.07, 6.45) is 0. The Morgan fingerprint density at radius 1 is 1.00 bits per heavy atom. The summed E-state index contributed by atoms with van der Waals surface area (Å²) in [6, 6.07) is 15.4. The summed E-state index contributed by atoms with van der Waals surface area (Å²) < 4.78 is 5.08. The first-order chi connectivity index (χ1) is 12.6. The summed E-state index contributed by atoms with van der Waals surface area (Å²) in [5.74, 6) is 0.602. The number of methoxy groups -OCH3 is 1. The topological polar surface area (TPSA) is 76.1 Å². The van der Waals surface area contributed by atoms with Gasteiger partial charge < -0.3 is 15.4 Å². The Balaban J connectivity index is 1.69. The minimum atomic E-state index is -0.400. The molecule has 1 amide bonds. The van der Waals surface area contributed by atoms with Crippen molar-refractivity contribution in [3.05, 3.63) is 70.3 Å². The van der Waals surface area contributed by atoms with E-state index in [-0.39, 0.29) is 5.69 Å². The highest BCUT2D eigenvalue weighted by Gasteiger charge is 2.11. The number of amides is 1. The van der Waals surface area contributed by atoms with Crippen LogP contribution >= 0.6 is 23.2 Å². The molecule has 0 aliphatic carbocycles. The van der Waals surface area contributed by atoms with Gasteiger partial charge in [0.2, 0.25) is 0 Å². The lowest BCUT2D eigenvalue weighted by Crippen LogP contribution is -2.14. The first-order valence-electron chi connectivity index (χ1n) is 7.57. The van der Waals surface area contributed by atoms with Crippen molar-refractivity contribution in [1.29, 1.82) is 0 Å². The SMILES string of the molecule is COc1ccc(NC(=O)c2ccc(Nc3ccccc3Cl)nn2)cc1Cl. The third-order valence-corrected chi connectivity index (χ3v) is 4.07. The molecule has 2 N–H and O–H groups in total. The Kier molecular flexibility index (Phi) is 5.55. The zero-order valence-electron chi connectivity index (χ0n) is 13.7. The number of anilines is 3. The van der Waals surface area contributed by atoms with E-state index in [2.05, 4.69) is 20.8 Å². The van der Waals surface area contributed by atoms with Gasteiger partial charge in [0.25, 0.3) is 5.91 Å². The quantitative estimate of drug-likeness (QED) is 0.656. The van der Waals surface area contributed by atoms with Crippen molar-refractivity contribution >= 4 is 46.3 Å². The third-order valence-electron chi connectivity index (χ3n) is 3.44. The van der Waals surface area contributed by atoms with Crippen LogP contribution in [0.25, 0.3) is 0 Å². The van der Waals surface area contributed by atoms with Crippen LogP contribution in [0.3, 0.4) is 0 Å². The van der Waals surface area contributed by atoms with Crippen LogP contribution < -0.4 is 15.4 Å². The molecule has 0 aliphatic rings. The number of halogens is 2. The average molecular weight is 389 g/mol. The van der Waals surface area contributed by atoms with Gasteiger partial charge >= 0.3 is 0 Å². The lowest BCUT2D eigenvalue weighted by Gasteiger charge is -2.09. The standard InChI is InChI=1S/C18H14Cl2N4O2/c1-26-16-8-6-11(10-13(16)20)21-18(25)15-7-9-17(24-23-15)22-14-5-3-2-4-12(14)19/h2-10H,1H3,(H,21,25)(H,22,24). The predicted octanol–water partition coefficient (Wildman–Crippen LogP) is 4.79. The second-order valence-electron chi connectivity index (χ2n) is 5.21. The minimum absolute atomic E-state index is 0.168.